The number of nitrogens with zero attached hydrogens (tertiary/aromatic N) is 1. The van der Waals surface area contributed by atoms with Gasteiger partial charge in [-0.25, -0.2) is 0 Å². The molecule has 0 N–H and O–H groups in total. The van der Waals surface area contributed by atoms with Crippen LogP contribution in [0.3, 0.4) is 0 Å². The second-order valence-corrected chi connectivity index (χ2v) is 8.26. The Hall–Kier alpha value is -0.0900. The molecule has 0 aromatic rings. The fourth-order valence-electron chi connectivity index (χ4n) is 4.18. The Morgan fingerprint density at radius 1 is 0.733 bits per heavy atom. The fourth-order valence-corrected chi connectivity index (χ4v) is 4.18. The van der Waals surface area contributed by atoms with Crippen molar-refractivity contribution in [2.45, 2.75) is 130 Å². The van der Waals surface area contributed by atoms with Gasteiger partial charge in [-0.05, 0) is 64.2 Å². The SMILES string of the molecule is CC/C=C/CCCCC(CCC)N(CC(=O)[O-])C(CCC)CCCC/C=C/CC.[Na+]. The molecule has 0 heterocycles. The molecule has 0 bridgehead atoms. The summed E-state index contributed by atoms with van der Waals surface area (Å²) in [7, 11) is 0. The van der Waals surface area contributed by atoms with E-state index in [2.05, 4.69) is 56.9 Å². The summed E-state index contributed by atoms with van der Waals surface area (Å²) in [5, 5.41) is 11.6. The molecule has 0 aromatic carbocycles. The van der Waals surface area contributed by atoms with Gasteiger partial charge in [-0.15, -0.1) is 0 Å². The molecule has 0 aromatic heterocycles. The maximum absolute atomic E-state index is 11.6. The Kier molecular flexibility index (Phi) is 25.2. The Labute approximate surface area is 210 Å². The number of unbranched alkanes of at least 4 members (excludes halogenated alkanes) is 4. The summed E-state index contributed by atoms with van der Waals surface area (Å²) >= 11 is 0. The van der Waals surface area contributed by atoms with E-state index in [0.717, 1.165) is 64.2 Å². The van der Waals surface area contributed by atoms with E-state index in [-0.39, 0.29) is 36.1 Å². The third kappa shape index (κ3) is 17.6. The molecule has 170 valence electrons. The smallest absolute Gasteiger partial charge is 0.549 e. The topological polar surface area (TPSA) is 43.4 Å². The van der Waals surface area contributed by atoms with E-state index < -0.39 is 5.97 Å². The van der Waals surface area contributed by atoms with Crippen LogP contribution in [0.1, 0.15) is 118 Å². The van der Waals surface area contributed by atoms with Gasteiger partial charge in [0.05, 0.1) is 5.97 Å². The molecule has 0 aliphatic rings. The average Bonchev–Trinajstić information content (AvgIpc) is 2.69. The number of carboxylic acids is 1. The Morgan fingerprint density at radius 2 is 1.17 bits per heavy atom. The summed E-state index contributed by atoms with van der Waals surface area (Å²) in [6.45, 7) is 8.84. The molecular formula is C26H48NNaO2. The molecule has 0 rings (SSSR count). The number of carbonyl (C=O) groups excluding carboxylic acids is 1. The Balaban J connectivity index is 0. The molecule has 3 nitrogen and oxygen atoms in total. The first-order chi connectivity index (χ1) is 14.1. The van der Waals surface area contributed by atoms with E-state index >= 15 is 0 Å². The van der Waals surface area contributed by atoms with Crippen LogP contribution < -0.4 is 34.7 Å². The normalized spacial score (nSPS) is 13.8. The van der Waals surface area contributed by atoms with Crippen molar-refractivity contribution in [3.8, 4) is 0 Å². The summed E-state index contributed by atoms with van der Waals surface area (Å²) in [5.74, 6) is -0.927. The largest absolute Gasteiger partial charge is 1.00 e. The number of allylic oxidation sites excluding steroid dienone is 4. The van der Waals surface area contributed by atoms with Crippen LogP contribution in [-0.2, 0) is 4.79 Å². The maximum atomic E-state index is 11.6. The molecule has 0 fully saturated rings. The van der Waals surface area contributed by atoms with Crippen molar-refractivity contribution in [3.63, 3.8) is 0 Å². The maximum Gasteiger partial charge on any atom is 1.00 e. The fraction of sp³-hybridized carbons (Fsp3) is 0.808. The third-order valence-electron chi connectivity index (χ3n) is 5.61. The average molecular weight is 430 g/mol. The summed E-state index contributed by atoms with van der Waals surface area (Å²) in [6.07, 6.45) is 24.8. The number of aliphatic carboxylic acids is 1. The van der Waals surface area contributed by atoms with Gasteiger partial charge in [-0.1, -0.05) is 77.7 Å². The zero-order chi connectivity index (χ0) is 21.7. The monoisotopic (exact) mass is 429 g/mol. The molecule has 0 saturated heterocycles. The predicted molar refractivity (Wildman–Crippen MR) is 125 cm³/mol. The van der Waals surface area contributed by atoms with E-state index in [1.165, 1.54) is 25.7 Å². The van der Waals surface area contributed by atoms with Crippen LogP contribution in [0.25, 0.3) is 0 Å². The first kappa shape index (κ1) is 32.1. The molecule has 0 saturated carbocycles. The molecule has 2 atom stereocenters. The standard InChI is InChI=1S/C26H49NO2.Na/c1-5-9-11-13-15-17-21-24(19-7-3)27(23-26(28)29)25(20-8-4)22-18-16-14-12-10-6-2;/h9-12,24-25H,5-8,13-23H2,1-4H3,(H,28,29);/q;+1/p-1/b11-9+,12-10+;. The van der Waals surface area contributed by atoms with Crippen molar-refractivity contribution in [2.75, 3.05) is 6.54 Å². The van der Waals surface area contributed by atoms with Crippen LogP contribution in [0.5, 0.6) is 0 Å². The molecule has 0 spiro atoms. The number of hydrogen-bond acceptors (Lipinski definition) is 3. The molecule has 4 heteroatoms. The second-order valence-electron chi connectivity index (χ2n) is 8.26. The zero-order valence-electron chi connectivity index (χ0n) is 20.8. The van der Waals surface area contributed by atoms with E-state index in [1.54, 1.807) is 0 Å². The van der Waals surface area contributed by atoms with Crippen molar-refractivity contribution in [3.05, 3.63) is 24.3 Å². The molecule has 0 aliphatic heterocycles. The number of hydrogen-bond donors (Lipinski definition) is 0. The van der Waals surface area contributed by atoms with Gasteiger partial charge in [0.25, 0.3) is 0 Å². The van der Waals surface area contributed by atoms with Crippen LogP contribution in [0.2, 0.25) is 0 Å². The van der Waals surface area contributed by atoms with Gasteiger partial charge in [0, 0.05) is 18.6 Å². The number of rotatable bonds is 20. The molecule has 30 heavy (non-hydrogen) atoms. The molecular weight excluding hydrogens is 381 g/mol. The van der Waals surface area contributed by atoms with Crippen molar-refractivity contribution < 1.29 is 39.5 Å². The first-order valence-electron chi connectivity index (χ1n) is 12.4. The second kappa shape index (κ2) is 23.6. The van der Waals surface area contributed by atoms with Gasteiger partial charge in [0.1, 0.15) is 0 Å². The van der Waals surface area contributed by atoms with Crippen molar-refractivity contribution >= 4 is 5.97 Å². The molecule has 0 aliphatic carbocycles. The molecule has 0 amide bonds. The molecule has 0 radical (unpaired) electrons. The van der Waals surface area contributed by atoms with E-state index in [1.807, 2.05) is 0 Å². The van der Waals surface area contributed by atoms with Crippen LogP contribution in [0.15, 0.2) is 24.3 Å². The van der Waals surface area contributed by atoms with Gasteiger partial charge < -0.3 is 9.90 Å². The van der Waals surface area contributed by atoms with Crippen LogP contribution in [0.4, 0.5) is 0 Å². The van der Waals surface area contributed by atoms with E-state index in [9.17, 15) is 9.90 Å². The number of carbonyl (C=O) groups is 1. The van der Waals surface area contributed by atoms with E-state index in [0.29, 0.717) is 12.1 Å². The van der Waals surface area contributed by atoms with Crippen molar-refractivity contribution in [1.82, 2.24) is 4.90 Å². The van der Waals surface area contributed by atoms with Crippen LogP contribution >= 0.6 is 0 Å². The summed E-state index contributed by atoms with van der Waals surface area (Å²) in [4.78, 5) is 13.9. The summed E-state index contributed by atoms with van der Waals surface area (Å²) in [6, 6.07) is 0.731. The Bertz CT molecular complexity index is 405. The van der Waals surface area contributed by atoms with Gasteiger partial charge in [-0.3, -0.25) is 4.90 Å². The van der Waals surface area contributed by atoms with Gasteiger partial charge in [-0.2, -0.15) is 0 Å². The zero-order valence-corrected chi connectivity index (χ0v) is 22.8. The third-order valence-corrected chi connectivity index (χ3v) is 5.61. The minimum Gasteiger partial charge on any atom is -0.549 e. The van der Waals surface area contributed by atoms with Crippen molar-refractivity contribution in [1.29, 1.82) is 0 Å². The van der Waals surface area contributed by atoms with Crippen LogP contribution in [0, 0.1) is 0 Å². The summed E-state index contributed by atoms with van der Waals surface area (Å²) in [5.41, 5.74) is 0. The molecule has 2 unspecified atom stereocenters. The number of carboxylic acid groups (broad SMARTS) is 1. The summed E-state index contributed by atoms with van der Waals surface area (Å²) < 4.78 is 0. The van der Waals surface area contributed by atoms with Gasteiger partial charge in [0.15, 0.2) is 0 Å². The van der Waals surface area contributed by atoms with Gasteiger partial charge in [0.2, 0.25) is 0 Å². The minimum atomic E-state index is -0.927. The van der Waals surface area contributed by atoms with E-state index in [4.69, 9.17) is 0 Å². The Morgan fingerprint density at radius 3 is 1.50 bits per heavy atom. The quantitative estimate of drug-likeness (QED) is 0.169. The first-order valence-corrected chi connectivity index (χ1v) is 12.4. The van der Waals surface area contributed by atoms with Gasteiger partial charge >= 0.3 is 29.6 Å². The predicted octanol–water partition coefficient (Wildman–Crippen LogP) is 3.43. The van der Waals surface area contributed by atoms with Crippen LogP contribution in [-0.4, -0.2) is 29.5 Å². The van der Waals surface area contributed by atoms with Crippen molar-refractivity contribution in [2.24, 2.45) is 0 Å². The minimum absolute atomic E-state index is 0.